The largest absolute Gasteiger partial charge is 0.508 e. The Morgan fingerprint density at radius 2 is 1.85 bits per heavy atom. The van der Waals surface area contributed by atoms with Crippen molar-refractivity contribution in [2.75, 3.05) is 7.11 Å². The monoisotopic (exact) mass is 291 g/mol. The van der Waals surface area contributed by atoms with Crippen LogP contribution in [0.5, 0.6) is 11.5 Å². The van der Waals surface area contributed by atoms with Crippen LogP contribution in [0.3, 0.4) is 0 Å². The highest BCUT2D eigenvalue weighted by molar-refractivity contribution is 7.90. The van der Waals surface area contributed by atoms with Crippen LogP contribution in [-0.4, -0.2) is 26.8 Å². The second-order valence-electron chi connectivity index (χ2n) is 3.95. The summed E-state index contributed by atoms with van der Waals surface area (Å²) in [5, 5.41) is 9.33. The van der Waals surface area contributed by atoms with Crippen molar-refractivity contribution in [2.45, 2.75) is 4.90 Å². The molecule has 0 aliphatic heterocycles. The molecule has 0 saturated carbocycles. The van der Waals surface area contributed by atoms with E-state index in [0.717, 1.165) is 0 Å². The van der Waals surface area contributed by atoms with Crippen LogP contribution < -0.4 is 4.74 Å². The molecule has 2 aromatic carbocycles. The first-order valence-electron chi connectivity index (χ1n) is 5.75. The highest BCUT2D eigenvalue weighted by Gasteiger charge is 2.11. The normalized spacial score (nSPS) is 11.7. The molecule has 0 aromatic heterocycles. The molecule has 1 N–H and O–H groups in total. The molecule has 20 heavy (non-hydrogen) atoms. The Labute approximate surface area is 117 Å². The minimum Gasteiger partial charge on any atom is -0.508 e. The Morgan fingerprint density at radius 3 is 2.50 bits per heavy atom. The van der Waals surface area contributed by atoms with Gasteiger partial charge in [-0.3, -0.25) is 0 Å². The third-order valence-corrected chi connectivity index (χ3v) is 3.84. The van der Waals surface area contributed by atoms with Crippen LogP contribution in [0.15, 0.2) is 57.8 Å². The van der Waals surface area contributed by atoms with Crippen LogP contribution in [0.4, 0.5) is 0 Å². The van der Waals surface area contributed by atoms with Crippen molar-refractivity contribution in [1.29, 1.82) is 0 Å². The predicted molar refractivity (Wildman–Crippen MR) is 75.9 cm³/mol. The summed E-state index contributed by atoms with van der Waals surface area (Å²) in [6, 6.07) is 12.3. The summed E-state index contributed by atoms with van der Waals surface area (Å²) in [5.74, 6) is 0.377. The zero-order valence-corrected chi connectivity index (χ0v) is 11.5. The van der Waals surface area contributed by atoms with Gasteiger partial charge in [0.25, 0.3) is 10.0 Å². The third-order valence-electron chi connectivity index (χ3n) is 2.59. The van der Waals surface area contributed by atoms with Crippen LogP contribution in [0, 0.1) is 0 Å². The van der Waals surface area contributed by atoms with E-state index in [0.29, 0.717) is 11.3 Å². The summed E-state index contributed by atoms with van der Waals surface area (Å²) < 4.78 is 32.6. The topological polar surface area (TPSA) is 76.0 Å². The minimum atomic E-state index is -3.74. The van der Waals surface area contributed by atoms with Gasteiger partial charge in [-0.1, -0.05) is 18.2 Å². The summed E-state index contributed by atoms with van der Waals surface area (Å²) in [4.78, 5) is 0.119. The summed E-state index contributed by atoms with van der Waals surface area (Å²) >= 11 is 0. The van der Waals surface area contributed by atoms with E-state index < -0.39 is 10.0 Å². The van der Waals surface area contributed by atoms with Crippen molar-refractivity contribution in [1.82, 2.24) is 0 Å². The first-order valence-corrected chi connectivity index (χ1v) is 7.19. The van der Waals surface area contributed by atoms with Crippen LogP contribution in [0.2, 0.25) is 0 Å². The smallest absolute Gasteiger partial charge is 0.282 e. The fourth-order valence-corrected chi connectivity index (χ4v) is 2.46. The number of nitrogens with zero attached hydrogens (tertiary/aromatic N) is 1. The Morgan fingerprint density at radius 1 is 1.15 bits per heavy atom. The lowest BCUT2D eigenvalue weighted by Crippen LogP contribution is -1.98. The standard InChI is InChI=1S/C14H13NO4S/c1-19-14-9-12(16)8-7-11(14)10-15-20(17,18)13-5-3-2-4-6-13/h2-10,16H,1H3/b15-10+. The maximum atomic E-state index is 12.0. The Hall–Kier alpha value is -2.34. The molecule has 0 aliphatic carbocycles. The molecule has 0 saturated heterocycles. The number of phenolic OH excluding ortho intramolecular Hbond substituents is 1. The Bertz CT molecular complexity index is 724. The molecule has 0 unspecified atom stereocenters. The molecule has 0 bridgehead atoms. The molecule has 2 aromatic rings. The quantitative estimate of drug-likeness (QED) is 0.876. The van der Waals surface area contributed by atoms with E-state index in [9.17, 15) is 13.5 Å². The van der Waals surface area contributed by atoms with E-state index >= 15 is 0 Å². The molecule has 0 aliphatic rings. The van der Waals surface area contributed by atoms with Gasteiger partial charge < -0.3 is 9.84 Å². The van der Waals surface area contributed by atoms with Crippen LogP contribution in [-0.2, 0) is 10.0 Å². The first-order chi connectivity index (χ1) is 9.53. The molecule has 0 fully saturated rings. The fraction of sp³-hybridized carbons (Fsp3) is 0.0714. The molecule has 6 heteroatoms. The highest BCUT2D eigenvalue weighted by atomic mass is 32.2. The lowest BCUT2D eigenvalue weighted by molar-refractivity contribution is 0.407. The highest BCUT2D eigenvalue weighted by Crippen LogP contribution is 2.22. The number of aromatic hydroxyl groups is 1. The first kappa shape index (κ1) is 14.1. The van der Waals surface area contributed by atoms with Crippen molar-refractivity contribution in [3.05, 3.63) is 54.1 Å². The number of benzene rings is 2. The van der Waals surface area contributed by atoms with Crippen molar-refractivity contribution in [3.63, 3.8) is 0 Å². The van der Waals surface area contributed by atoms with Gasteiger partial charge in [0.1, 0.15) is 11.5 Å². The van der Waals surface area contributed by atoms with Gasteiger partial charge in [-0.15, -0.1) is 0 Å². The van der Waals surface area contributed by atoms with Gasteiger partial charge >= 0.3 is 0 Å². The zero-order valence-electron chi connectivity index (χ0n) is 10.7. The van der Waals surface area contributed by atoms with Crippen molar-refractivity contribution in [2.24, 2.45) is 4.40 Å². The lowest BCUT2D eigenvalue weighted by Gasteiger charge is -2.04. The fourth-order valence-electron chi connectivity index (χ4n) is 1.59. The molecule has 104 valence electrons. The Balaban J connectivity index is 2.35. The van der Waals surface area contributed by atoms with Gasteiger partial charge in [-0.25, -0.2) is 0 Å². The molecule has 0 atom stereocenters. The van der Waals surface area contributed by atoms with Crippen molar-refractivity contribution >= 4 is 16.2 Å². The number of sulfonamides is 1. The number of rotatable bonds is 4. The average molecular weight is 291 g/mol. The number of hydrogen-bond donors (Lipinski definition) is 1. The number of methoxy groups -OCH3 is 1. The molecule has 0 spiro atoms. The second kappa shape index (κ2) is 5.75. The number of phenols is 1. The molecular formula is C14H13NO4S. The van der Waals surface area contributed by atoms with Gasteiger partial charge in [0.2, 0.25) is 0 Å². The maximum absolute atomic E-state index is 12.0. The van der Waals surface area contributed by atoms with E-state index in [-0.39, 0.29) is 10.6 Å². The predicted octanol–water partition coefficient (Wildman–Crippen LogP) is 2.21. The summed E-state index contributed by atoms with van der Waals surface area (Å²) in [7, 11) is -2.31. The molecule has 0 radical (unpaired) electrons. The van der Waals surface area contributed by atoms with Crippen LogP contribution in [0.1, 0.15) is 5.56 Å². The molecule has 0 heterocycles. The molecule has 0 amide bonds. The molecule has 5 nitrogen and oxygen atoms in total. The summed E-state index contributed by atoms with van der Waals surface area (Å²) in [6.07, 6.45) is 1.20. The van der Waals surface area contributed by atoms with E-state index in [1.54, 1.807) is 18.2 Å². The molecular weight excluding hydrogens is 278 g/mol. The number of ether oxygens (including phenoxy) is 1. The lowest BCUT2D eigenvalue weighted by atomic mass is 10.2. The van der Waals surface area contributed by atoms with Crippen LogP contribution >= 0.6 is 0 Å². The van der Waals surface area contributed by atoms with Crippen LogP contribution in [0.25, 0.3) is 0 Å². The zero-order chi connectivity index (χ0) is 14.6. The van der Waals surface area contributed by atoms with E-state index in [1.165, 1.54) is 43.7 Å². The van der Waals surface area contributed by atoms with Crippen molar-refractivity contribution in [3.8, 4) is 11.5 Å². The third kappa shape index (κ3) is 3.16. The van der Waals surface area contributed by atoms with E-state index in [4.69, 9.17) is 4.74 Å². The minimum absolute atomic E-state index is 0.0323. The van der Waals surface area contributed by atoms with Crippen molar-refractivity contribution < 1.29 is 18.3 Å². The van der Waals surface area contributed by atoms with Gasteiger partial charge in [-0.05, 0) is 24.3 Å². The molecule has 2 rings (SSSR count). The SMILES string of the molecule is COc1cc(O)ccc1/C=N/S(=O)(=O)c1ccccc1. The van der Waals surface area contributed by atoms with E-state index in [2.05, 4.69) is 4.40 Å². The maximum Gasteiger partial charge on any atom is 0.282 e. The van der Waals surface area contributed by atoms with E-state index in [1.807, 2.05) is 0 Å². The van der Waals surface area contributed by atoms with Gasteiger partial charge in [0.15, 0.2) is 0 Å². The van der Waals surface area contributed by atoms with Gasteiger partial charge in [0, 0.05) is 11.6 Å². The Kier molecular flexibility index (Phi) is 4.05. The second-order valence-corrected chi connectivity index (χ2v) is 5.58. The van der Waals surface area contributed by atoms with Gasteiger partial charge in [0.05, 0.1) is 18.2 Å². The summed E-state index contributed by atoms with van der Waals surface area (Å²) in [5.41, 5.74) is 0.463. The summed E-state index contributed by atoms with van der Waals surface area (Å²) in [6.45, 7) is 0. The van der Waals surface area contributed by atoms with Gasteiger partial charge in [-0.2, -0.15) is 12.8 Å². The number of hydrogen-bond acceptors (Lipinski definition) is 4. The average Bonchev–Trinajstić information content (AvgIpc) is 2.46.